The van der Waals surface area contributed by atoms with Gasteiger partial charge in [-0.2, -0.15) is 0 Å². The molecule has 0 aliphatic heterocycles. The molecule has 2 heterocycles. The molecule has 4 aromatic rings. The van der Waals surface area contributed by atoms with Crippen LogP contribution in [0.5, 0.6) is 0 Å². The van der Waals surface area contributed by atoms with Gasteiger partial charge in [-0.15, -0.1) is 11.3 Å². The van der Waals surface area contributed by atoms with Crippen LogP contribution in [0.2, 0.25) is 10.0 Å². The zero-order valence-corrected chi connectivity index (χ0v) is 21.5. The second-order valence-electron chi connectivity index (χ2n) is 8.20. The van der Waals surface area contributed by atoms with Crippen molar-refractivity contribution in [3.05, 3.63) is 78.9 Å². The molecule has 0 bridgehead atoms. The summed E-state index contributed by atoms with van der Waals surface area (Å²) in [6.45, 7) is 1.91. The highest BCUT2D eigenvalue weighted by Gasteiger charge is 2.23. The predicted molar refractivity (Wildman–Crippen MR) is 142 cm³/mol. The molecule has 9 heteroatoms. The van der Waals surface area contributed by atoms with Gasteiger partial charge in [-0.05, 0) is 80.1 Å². The minimum atomic E-state index is -0.196. The van der Waals surface area contributed by atoms with E-state index in [4.69, 9.17) is 28.2 Å². The van der Waals surface area contributed by atoms with E-state index in [9.17, 15) is 9.59 Å². The van der Waals surface area contributed by atoms with E-state index in [0.29, 0.717) is 32.0 Å². The fraction of sp³-hybridized carbons (Fsp3) is 0.240. The van der Waals surface area contributed by atoms with E-state index in [1.54, 1.807) is 52.3 Å². The highest BCUT2D eigenvalue weighted by atomic mass is 35.5. The van der Waals surface area contributed by atoms with Gasteiger partial charge in [0.15, 0.2) is 5.16 Å². The van der Waals surface area contributed by atoms with Crippen LogP contribution in [0, 0.1) is 6.92 Å². The first-order valence-electron chi connectivity index (χ1n) is 10.9. The molecule has 5 rings (SSSR count). The van der Waals surface area contributed by atoms with Gasteiger partial charge in [0.05, 0.1) is 16.8 Å². The molecule has 34 heavy (non-hydrogen) atoms. The predicted octanol–water partition coefficient (Wildman–Crippen LogP) is 6.67. The lowest BCUT2D eigenvalue weighted by Gasteiger charge is -2.14. The summed E-state index contributed by atoms with van der Waals surface area (Å²) in [6, 6.07) is 12.5. The van der Waals surface area contributed by atoms with Gasteiger partial charge in [0.1, 0.15) is 4.83 Å². The Kier molecular flexibility index (Phi) is 6.71. The summed E-state index contributed by atoms with van der Waals surface area (Å²) in [6.07, 6.45) is 4.11. The van der Waals surface area contributed by atoms with E-state index in [2.05, 4.69) is 5.32 Å². The maximum Gasteiger partial charge on any atom is 0.267 e. The highest BCUT2D eigenvalue weighted by molar-refractivity contribution is 7.99. The largest absolute Gasteiger partial charge is 0.325 e. The van der Waals surface area contributed by atoms with Crippen LogP contribution in [0.3, 0.4) is 0 Å². The SMILES string of the molecule is Cc1ccc(Cl)cc1NC(=O)CSc1nc2sc3c(c2c(=O)n1-c1ccc(Cl)cc1)CCCC3. The molecular formula is C25H21Cl2N3O2S2. The van der Waals surface area contributed by atoms with Crippen LogP contribution in [-0.4, -0.2) is 21.2 Å². The summed E-state index contributed by atoms with van der Waals surface area (Å²) >= 11 is 15.0. The number of hydrogen-bond acceptors (Lipinski definition) is 5. The summed E-state index contributed by atoms with van der Waals surface area (Å²) in [7, 11) is 0. The molecule has 2 aromatic heterocycles. The van der Waals surface area contributed by atoms with Gasteiger partial charge in [-0.1, -0.05) is 41.0 Å². The summed E-state index contributed by atoms with van der Waals surface area (Å²) in [5.41, 5.74) is 3.30. The van der Waals surface area contributed by atoms with Gasteiger partial charge < -0.3 is 5.32 Å². The highest BCUT2D eigenvalue weighted by Crippen LogP contribution is 2.35. The molecule has 0 radical (unpaired) electrons. The number of carbonyl (C=O) groups excluding carboxylic acids is 1. The van der Waals surface area contributed by atoms with E-state index >= 15 is 0 Å². The van der Waals surface area contributed by atoms with Gasteiger partial charge in [-0.25, -0.2) is 4.98 Å². The molecule has 0 unspecified atom stereocenters. The number of amides is 1. The van der Waals surface area contributed by atoms with Gasteiger partial charge in [0.2, 0.25) is 5.91 Å². The van der Waals surface area contributed by atoms with Gasteiger partial charge in [-0.3, -0.25) is 14.2 Å². The van der Waals surface area contributed by atoms with E-state index in [1.807, 2.05) is 13.0 Å². The van der Waals surface area contributed by atoms with Crippen molar-refractivity contribution in [3.8, 4) is 5.69 Å². The number of nitrogens with zero attached hydrogens (tertiary/aromatic N) is 2. The number of fused-ring (bicyclic) bond motifs is 3. The first kappa shape index (κ1) is 23.4. The number of aryl methyl sites for hydroxylation is 3. The van der Waals surface area contributed by atoms with E-state index in [-0.39, 0.29) is 17.2 Å². The molecule has 2 aromatic carbocycles. The molecular weight excluding hydrogens is 509 g/mol. The number of halogens is 2. The summed E-state index contributed by atoms with van der Waals surface area (Å²) < 4.78 is 1.60. The maximum atomic E-state index is 13.8. The zero-order valence-electron chi connectivity index (χ0n) is 18.4. The summed E-state index contributed by atoms with van der Waals surface area (Å²) in [5, 5.41) is 5.24. The molecule has 0 atom stereocenters. The standard InChI is InChI=1S/C25H21Cl2N3O2S2/c1-14-6-7-16(27)12-19(14)28-21(31)13-33-25-29-23-22(18-4-2-3-5-20(18)34-23)24(32)30(25)17-10-8-15(26)9-11-17/h6-12H,2-5,13H2,1H3,(H,28,31). The molecule has 1 amide bonds. The van der Waals surface area contributed by atoms with Crippen molar-refractivity contribution in [1.29, 1.82) is 0 Å². The Balaban J connectivity index is 1.52. The number of carbonyl (C=O) groups is 1. The number of rotatable bonds is 5. The molecule has 0 fully saturated rings. The number of thiophene rings is 1. The van der Waals surface area contributed by atoms with Crippen LogP contribution in [0.25, 0.3) is 15.9 Å². The molecule has 0 saturated heterocycles. The third-order valence-electron chi connectivity index (χ3n) is 5.85. The van der Waals surface area contributed by atoms with Gasteiger partial charge >= 0.3 is 0 Å². The Morgan fingerprint density at radius 2 is 1.85 bits per heavy atom. The first-order valence-corrected chi connectivity index (χ1v) is 13.5. The molecule has 1 N–H and O–H groups in total. The number of hydrogen-bond donors (Lipinski definition) is 1. The van der Waals surface area contributed by atoms with Crippen molar-refractivity contribution in [3.63, 3.8) is 0 Å². The lowest BCUT2D eigenvalue weighted by Crippen LogP contribution is -2.23. The normalized spacial score (nSPS) is 13.1. The fourth-order valence-electron chi connectivity index (χ4n) is 4.15. The van der Waals surface area contributed by atoms with Crippen molar-refractivity contribution in [1.82, 2.24) is 9.55 Å². The van der Waals surface area contributed by atoms with Gasteiger partial charge in [0.25, 0.3) is 5.56 Å². The zero-order chi connectivity index (χ0) is 23.8. The van der Waals surface area contributed by atoms with Crippen molar-refractivity contribution in [2.45, 2.75) is 37.8 Å². The lowest BCUT2D eigenvalue weighted by atomic mass is 9.97. The maximum absolute atomic E-state index is 13.8. The Bertz CT molecular complexity index is 1460. The monoisotopic (exact) mass is 529 g/mol. The van der Waals surface area contributed by atoms with Crippen molar-refractivity contribution in [2.75, 3.05) is 11.1 Å². The van der Waals surface area contributed by atoms with E-state index < -0.39 is 0 Å². The van der Waals surface area contributed by atoms with Crippen LogP contribution < -0.4 is 10.9 Å². The number of benzene rings is 2. The average Bonchev–Trinajstić information content (AvgIpc) is 3.20. The fourth-order valence-corrected chi connectivity index (χ4v) is 6.56. The minimum Gasteiger partial charge on any atom is -0.325 e. The second kappa shape index (κ2) is 9.74. The Morgan fingerprint density at radius 3 is 2.65 bits per heavy atom. The molecule has 5 nitrogen and oxygen atoms in total. The third-order valence-corrected chi connectivity index (χ3v) is 8.46. The van der Waals surface area contributed by atoms with Crippen molar-refractivity contribution < 1.29 is 4.79 Å². The summed E-state index contributed by atoms with van der Waals surface area (Å²) in [4.78, 5) is 33.4. The topological polar surface area (TPSA) is 64.0 Å². The van der Waals surface area contributed by atoms with Crippen molar-refractivity contribution in [2.24, 2.45) is 0 Å². The van der Waals surface area contributed by atoms with Crippen LogP contribution in [0.4, 0.5) is 5.69 Å². The Labute approximate surface area is 215 Å². The Hall–Kier alpha value is -2.32. The number of nitrogens with one attached hydrogen (secondary N) is 1. The number of thioether (sulfide) groups is 1. The molecule has 174 valence electrons. The van der Waals surface area contributed by atoms with E-state index in [0.717, 1.165) is 41.6 Å². The number of aromatic nitrogens is 2. The van der Waals surface area contributed by atoms with Crippen LogP contribution in [0.1, 0.15) is 28.8 Å². The van der Waals surface area contributed by atoms with Crippen LogP contribution in [0.15, 0.2) is 52.4 Å². The molecule has 1 aliphatic rings. The average molecular weight is 531 g/mol. The van der Waals surface area contributed by atoms with Crippen LogP contribution >= 0.6 is 46.3 Å². The second-order valence-corrected chi connectivity index (χ2v) is 11.1. The lowest BCUT2D eigenvalue weighted by molar-refractivity contribution is -0.113. The van der Waals surface area contributed by atoms with Crippen molar-refractivity contribution >= 4 is 68.1 Å². The molecule has 0 saturated carbocycles. The molecule has 1 aliphatic carbocycles. The summed E-state index contributed by atoms with van der Waals surface area (Å²) in [5.74, 6) is -0.0967. The Morgan fingerprint density at radius 1 is 1.12 bits per heavy atom. The third kappa shape index (κ3) is 4.62. The molecule has 0 spiro atoms. The number of anilines is 1. The minimum absolute atomic E-state index is 0.0969. The first-order chi connectivity index (χ1) is 16.4. The quantitative estimate of drug-likeness (QED) is 0.231. The smallest absolute Gasteiger partial charge is 0.267 e. The van der Waals surface area contributed by atoms with Gasteiger partial charge in [0, 0.05) is 20.6 Å². The van der Waals surface area contributed by atoms with Crippen LogP contribution in [-0.2, 0) is 17.6 Å². The van der Waals surface area contributed by atoms with E-state index in [1.165, 1.54) is 16.6 Å².